The zero-order valence-electron chi connectivity index (χ0n) is 10.1. The van der Waals surface area contributed by atoms with Gasteiger partial charge in [0.1, 0.15) is 11.7 Å². The molecule has 4 nitrogen and oxygen atoms in total. The van der Waals surface area contributed by atoms with E-state index in [0.717, 1.165) is 23.0 Å². The van der Waals surface area contributed by atoms with E-state index in [1.165, 1.54) is 6.07 Å². The highest BCUT2D eigenvalue weighted by Crippen LogP contribution is 2.28. The lowest BCUT2D eigenvalue weighted by molar-refractivity contribution is -0.137. The van der Waals surface area contributed by atoms with Crippen molar-refractivity contribution in [2.24, 2.45) is 5.73 Å². The molecule has 8 heteroatoms. The highest BCUT2D eigenvalue weighted by molar-refractivity contribution is 5.96. The highest BCUT2D eigenvalue weighted by atomic mass is 19.4. The van der Waals surface area contributed by atoms with Crippen molar-refractivity contribution in [1.29, 1.82) is 5.41 Å². The lowest BCUT2D eigenvalue weighted by Gasteiger charge is -2.08. The molecule has 106 valence electrons. The monoisotopic (exact) mass is 286 g/mol. The average Bonchev–Trinajstić information content (AvgIpc) is 2.79. The van der Waals surface area contributed by atoms with Crippen LogP contribution in [0.4, 0.5) is 17.6 Å². The number of nitrogens with two attached hydrogens (primary N) is 1. The molecule has 2 aromatic rings. The highest BCUT2D eigenvalue weighted by Gasteiger charge is 2.32. The first-order chi connectivity index (χ1) is 9.27. The first-order valence-corrected chi connectivity index (χ1v) is 5.50. The number of nitrogens with zero attached hydrogens (tertiary/aromatic N) is 2. The smallest absolute Gasteiger partial charge is 0.384 e. The quantitative estimate of drug-likeness (QED) is 0.517. The largest absolute Gasteiger partial charge is 0.419 e. The molecular weight excluding hydrogens is 276 g/mol. The second kappa shape index (κ2) is 4.95. The fourth-order valence-electron chi connectivity index (χ4n) is 1.71. The average molecular weight is 286 g/mol. The summed E-state index contributed by atoms with van der Waals surface area (Å²) in [5, 5.41) is 10.9. The lowest BCUT2D eigenvalue weighted by atomic mass is 10.1. The Bertz CT molecular complexity index is 645. The summed E-state index contributed by atoms with van der Waals surface area (Å²) in [6.07, 6.45) is -2.92. The van der Waals surface area contributed by atoms with E-state index in [1.807, 2.05) is 0 Å². The zero-order chi connectivity index (χ0) is 14.9. The molecule has 0 radical (unpaired) electrons. The normalized spacial score (nSPS) is 11.6. The molecule has 0 aliphatic carbocycles. The Balaban J connectivity index is 2.31. The van der Waals surface area contributed by atoms with Gasteiger partial charge in [-0.15, -0.1) is 0 Å². The van der Waals surface area contributed by atoms with Crippen molar-refractivity contribution in [2.45, 2.75) is 12.7 Å². The molecule has 0 fully saturated rings. The molecule has 1 aromatic heterocycles. The molecular formula is C12H10F4N4. The topological polar surface area (TPSA) is 67.7 Å². The van der Waals surface area contributed by atoms with Crippen molar-refractivity contribution in [1.82, 2.24) is 9.78 Å². The predicted octanol–water partition coefficient (Wildman–Crippen LogP) is 2.37. The van der Waals surface area contributed by atoms with E-state index >= 15 is 0 Å². The van der Waals surface area contributed by atoms with Gasteiger partial charge in [-0.3, -0.25) is 10.1 Å². The number of hydrogen-bond acceptors (Lipinski definition) is 2. The Kier molecular flexibility index (Phi) is 3.47. The molecule has 0 aliphatic heterocycles. The summed E-state index contributed by atoms with van der Waals surface area (Å²) < 4.78 is 51.5. The van der Waals surface area contributed by atoms with Gasteiger partial charge in [0, 0.05) is 11.8 Å². The SMILES string of the molecule is N=C(N)c1cc(F)ccc1Cn1cc(C(F)(F)F)cn1. The maximum absolute atomic E-state index is 13.1. The predicted molar refractivity (Wildman–Crippen MR) is 63.7 cm³/mol. The van der Waals surface area contributed by atoms with Crippen LogP contribution in [0.25, 0.3) is 0 Å². The molecule has 0 aliphatic rings. The Labute approximate surface area is 111 Å². The Morgan fingerprint density at radius 2 is 2.05 bits per heavy atom. The Morgan fingerprint density at radius 1 is 1.35 bits per heavy atom. The summed E-state index contributed by atoms with van der Waals surface area (Å²) in [5.74, 6) is -0.932. The van der Waals surface area contributed by atoms with Crippen LogP contribution in [-0.4, -0.2) is 15.6 Å². The lowest BCUT2D eigenvalue weighted by Crippen LogP contribution is -2.16. The van der Waals surface area contributed by atoms with Gasteiger partial charge < -0.3 is 5.73 Å². The summed E-state index contributed by atoms with van der Waals surface area (Å²) in [6.45, 7) is -0.0364. The van der Waals surface area contributed by atoms with Crippen LogP contribution in [0.1, 0.15) is 16.7 Å². The summed E-state index contributed by atoms with van der Waals surface area (Å²) in [4.78, 5) is 0. The van der Waals surface area contributed by atoms with E-state index in [0.29, 0.717) is 11.8 Å². The molecule has 0 bridgehead atoms. The van der Waals surface area contributed by atoms with Crippen molar-refractivity contribution in [2.75, 3.05) is 0 Å². The van der Waals surface area contributed by atoms with Crippen LogP contribution in [0.5, 0.6) is 0 Å². The van der Waals surface area contributed by atoms with Gasteiger partial charge >= 0.3 is 6.18 Å². The van der Waals surface area contributed by atoms with Gasteiger partial charge in [-0.25, -0.2) is 4.39 Å². The number of benzene rings is 1. The number of nitrogens with one attached hydrogen (secondary N) is 1. The van der Waals surface area contributed by atoms with E-state index in [2.05, 4.69) is 5.10 Å². The summed E-state index contributed by atoms with van der Waals surface area (Å²) in [6, 6.07) is 3.57. The van der Waals surface area contributed by atoms with Crippen LogP contribution in [0.2, 0.25) is 0 Å². The van der Waals surface area contributed by atoms with Gasteiger partial charge in [0.2, 0.25) is 0 Å². The van der Waals surface area contributed by atoms with E-state index < -0.39 is 17.6 Å². The van der Waals surface area contributed by atoms with Gasteiger partial charge in [0.15, 0.2) is 0 Å². The maximum Gasteiger partial charge on any atom is 0.419 e. The molecule has 0 saturated carbocycles. The summed E-state index contributed by atoms with van der Waals surface area (Å²) >= 11 is 0. The minimum Gasteiger partial charge on any atom is -0.384 e. The maximum atomic E-state index is 13.1. The van der Waals surface area contributed by atoms with E-state index in [1.54, 1.807) is 0 Å². The number of amidine groups is 1. The molecule has 0 atom stereocenters. The molecule has 1 aromatic carbocycles. The molecule has 20 heavy (non-hydrogen) atoms. The molecule has 0 spiro atoms. The van der Waals surface area contributed by atoms with Gasteiger partial charge in [-0.2, -0.15) is 18.3 Å². The van der Waals surface area contributed by atoms with E-state index in [9.17, 15) is 17.6 Å². The van der Waals surface area contributed by atoms with Gasteiger partial charge in [-0.1, -0.05) is 6.07 Å². The minimum atomic E-state index is -4.47. The number of rotatable bonds is 3. The number of alkyl halides is 3. The Morgan fingerprint density at radius 3 is 2.60 bits per heavy atom. The van der Waals surface area contributed by atoms with E-state index in [-0.39, 0.29) is 17.9 Å². The number of aromatic nitrogens is 2. The van der Waals surface area contributed by atoms with Crippen LogP contribution in [0, 0.1) is 11.2 Å². The van der Waals surface area contributed by atoms with Crippen molar-refractivity contribution in [3.8, 4) is 0 Å². The zero-order valence-corrected chi connectivity index (χ0v) is 10.1. The minimum absolute atomic E-state index is 0.0364. The third kappa shape index (κ3) is 2.95. The Hall–Kier alpha value is -2.38. The number of hydrogen-bond donors (Lipinski definition) is 2. The molecule has 0 saturated heterocycles. The molecule has 2 rings (SSSR count). The second-order valence-electron chi connectivity index (χ2n) is 4.14. The fourth-order valence-corrected chi connectivity index (χ4v) is 1.71. The number of halogens is 4. The van der Waals surface area contributed by atoms with Crippen LogP contribution in [0.3, 0.4) is 0 Å². The molecule has 0 amide bonds. The standard InChI is InChI=1S/C12H10F4N4/c13-9-2-1-7(10(3-9)11(17)18)5-20-6-8(4-19-20)12(14,15)16/h1-4,6H,5H2,(H3,17,18). The molecule has 1 heterocycles. The third-order valence-electron chi connectivity index (χ3n) is 2.65. The first-order valence-electron chi connectivity index (χ1n) is 5.50. The molecule has 3 N–H and O–H groups in total. The summed E-state index contributed by atoms with van der Waals surface area (Å²) in [5.41, 5.74) is 4.99. The van der Waals surface area contributed by atoms with Crippen LogP contribution in [0.15, 0.2) is 30.6 Å². The molecule has 0 unspecified atom stereocenters. The fraction of sp³-hybridized carbons (Fsp3) is 0.167. The van der Waals surface area contributed by atoms with Crippen LogP contribution >= 0.6 is 0 Å². The van der Waals surface area contributed by atoms with Gasteiger partial charge in [-0.05, 0) is 17.7 Å². The van der Waals surface area contributed by atoms with Crippen molar-refractivity contribution >= 4 is 5.84 Å². The first kappa shape index (κ1) is 14.0. The van der Waals surface area contributed by atoms with Crippen LogP contribution < -0.4 is 5.73 Å². The van der Waals surface area contributed by atoms with Gasteiger partial charge in [0.25, 0.3) is 0 Å². The van der Waals surface area contributed by atoms with Crippen LogP contribution in [-0.2, 0) is 12.7 Å². The third-order valence-corrected chi connectivity index (χ3v) is 2.65. The van der Waals surface area contributed by atoms with Crippen molar-refractivity contribution in [3.63, 3.8) is 0 Å². The van der Waals surface area contributed by atoms with Gasteiger partial charge in [0.05, 0.1) is 18.3 Å². The second-order valence-corrected chi connectivity index (χ2v) is 4.14. The van der Waals surface area contributed by atoms with Crippen molar-refractivity contribution in [3.05, 3.63) is 53.1 Å². The van der Waals surface area contributed by atoms with E-state index in [4.69, 9.17) is 11.1 Å². The number of nitrogen functional groups attached to an aromatic ring is 1. The summed E-state index contributed by atoms with van der Waals surface area (Å²) in [7, 11) is 0. The van der Waals surface area contributed by atoms with Crippen molar-refractivity contribution < 1.29 is 17.6 Å².